The van der Waals surface area contributed by atoms with E-state index in [9.17, 15) is 14.9 Å². The van der Waals surface area contributed by atoms with Crippen LogP contribution in [0.15, 0.2) is 42.5 Å². The van der Waals surface area contributed by atoms with Crippen molar-refractivity contribution in [3.8, 4) is 11.8 Å². The molecule has 2 aliphatic heterocycles. The summed E-state index contributed by atoms with van der Waals surface area (Å²) in [4.78, 5) is 30.2. The highest BCUT2D eigenvalue weighted by Gasteiger charge is 2.60. The number of benzene rings is 2. The first-order valence-corrected chi connectivity index (χ1v) is 12.0. The number of anilines is 1. The number of nitrogens with zero attached hydrogens (tertiary/aromatic N) is 3. The third-order valence-electron chi connectivity index (χ3n) is 6.77. The van der Waals surface area contributed by atoms with Crippen LogP contribution >= 0.6 is 11.8 Å². The average molecular weight is 448 g/mol. The van der Waals surface area contributed by atoms with Crippen LogP contribution in [0.4, 0.5) is 5.69 Å². The first-order chi connectivity index (χ1) is 15.6. The monoisotopic (exact) mass is 447 g/mol. The van der Waals surface area contributed by atoms with E-state index in [1.165, 1.54) is 0 Å². The molecule has 1 spiro atoms. The number of nitriles is 1. The van der Waals surface area contributed by atoms with Crippen LogP contribution in [-0.2, 0) is 21.0 Å². The van der Waals surface area contributed by atoms with E-state index in [1.54, 1.807) is 29.8 Å². The van der Waals surface area contributed by atoms with Gasteiger partial charge in [0, 0.05) is 23.8 Å². The van der Waals surface area contributed by atoms with Crippen molar-refractivity contribution in [2.24, 2.45) is 5.92 Å². The van der Waals surface area contributed by atoms with E-state index < -0.39 is 4.87 Å². The quantitative estimate of drug-likeness (QED) is 0.707. The highest BCUT2D eigenvalue weighted by molar-refractivity contribution is 8.01. The highest BCUT2D eigenvalue weighted by Crippen LogP contribution is 2.55. The summed E-state index contributed by atoms with van der Waals surface area (Å²) in [5.41, 5.74) is 3.07. The van der Waals surface area contributed by atoms with Gasteiger partial charge in [-0.1, -0.05) is 25.0 Å². The van der Waals surface area contributed by atoms with Crippen LogP contribution < -0.4 is 9.64 Å². The topological polar surface area (TPSA) is 73.6 Å². The maximum atomic E-state index is 14.1. The Morgan fingerprint density at radius 1 is 1.25 bits per heavy atom. The van der Waals surface area contributed by atoms with Crippen molar-refractivity contribution >= 4 is 29.3 Å². The summed E-state index contributed by atoms with van der Waals surface area (Å²) >= 11 is 1.55. The molecule has 2 heterocycles. The summed E-state index contributed by atoms with van der Waals surface area (Å²) in [6.07, 6.45) is 3.95. The largest absolute Gasteiger partial charge is 0.497 e. The Bertz CT molecular complexity index is 1120. The van der Waals surface area contributed by atoms with Gasteiger partial charge in [0.15, 0.2) is 4.87 Å². The lowest BCUT2D eigenvalue weighted by atomic mass is 10.0. The lowest BCUT2D eigenvalue weighted by Gasteiger charge is -2.35. The van der Waals surface area contributed by atoms with Crippen LogP contribution in [0, 0.1) is 17.2 Å². The van der Waals surface area contributed by atoms with Gasteiger partial charge in [0.25, 0.3) is 5.91 Å². The second kappa shape index (κ2) is 8.18. The zero-order valence-corrected chi connectivity index (χ0v) is 18.9. The molecule has 1 aliphatic carbocycles. The van der Waals surface area contributed by atoms with Gasteiger partial charge >= 0.3 is 0 Å². The van der Waals surface area contributed by atoms with E-state index in [2.05, 4.69) is 6.07 Å². The van der Waals surface area contributed by atoms with Crippen molar-refractivity contribution in [1.82, 2.24) is 4.90 Å². The zero-order chi connectivity index (χ0) is 22.3. The van der Waals surface area contributed by atoms with E-state index in [-0.39, 0.29) is 17.7 Å². The van der Waals surface area contributed by atoms with Crippen molar-refractivity contribution in [2.75, 3.05) is 24.3 Å². The van der Waals surface area contributed by atoms with Crippen LogP contribution in [0.3, 0.4) is 0 Å². The minimum absolute atomic E-state index is 0.00814. The van der Waals surface area contributed by atoms with Gasteiger partial charge in [-0.15, -0.1) is 11.8 Å². The van der Waals surface area contributed by atoms with Crippen molar-refractivity contribution in [1.29, 1.82) is 5.26 Å². The zero-order valence-electron chi connectivity index (χ0n) is 18.0. The fourth-order valence-corrected chi connectivity index (χ4v) is 6.67. The average Bonchev–Trinajstić information content (AvgIpc) is 3.56. The third-order valence-corrected chi connectivity index (χ3v) is 8.19. The van der Waals surface area contributed by atoms with Crippen LogP contribution in [-0.4, -0.2) is 36.1 Å². The number of carbonyl (C=O) groups is 2. The Labute approximate surface area is 192 Å². The van der Waals surface area contributed by atoms with Gasteiger partial charge < -0.3 is 14.5 Å². The third kappa shape index (κ3) is 3.17. The number of carbonyl (C=O) groups excluding carboxylic acids is 2. The number of rotatable bonds is 4. The normalized spacial score (nSPS) is 22.4. The molecule has 1 atom stereocenters. The number of hydrogen-bond donors (Lipinski definition) is 0. The van der Waals surface area contributed by atoms with Crippen LogP contribution in [0.2, 0.25) is 0 Å². The molecule has 0 bridgehead atoms. The van der Waals surface area contributed by atoms with Gasteiger partial charge in [-0.05, 0) is 48.7 Å². The molecule has 0 aromatic heterocycles. The standard InChI is InChI=1S/C25H25N3O3S/c1-31-20-9-10-22-21(14-20)25(28(11-12-32-25)23(29)19-7-2-3-8-19)24(30)27(22)16-18-6-4-5-17(13-18)15-26/h4-6,9-10,13-14,19H,2-3,7-8,11-12,16H2,1H3/t25-/m0/s1. The molecule has 2 amide bonds. The molecular weight excluding hydrogens is 422 g/mol. The minimum atomic E-state index is -1.05. The fraction of sp³-hybridized carbons (Fsp3) is 0.400. The molecule has 0 N–H and O–H groups in total. The Morgan fingerprint density at radius 3 is 2.81 bits per heavy atom. The number of fused-ring (bicyclic) bond motifs is 2. The van der Waals surface area contributed by atoms with E-state index in [1.807, 2.05) is 41.3 Å². The molecule has 2 aromatic carbocycles. The predicted octanol–water partition coefficient (Wildman–Crippen LogP) is 4.03. The second-order valence-electron chi connectivity index (χ2n) is 8.55. The molecule has 5 rings (SSSR count). The molecule has 7 heteroatoms. The number of thioether (sulfide) groups is 1. The van der Waals surface area contributed by atoms with Gasteiger partial charge in [-0.3, -0.25) is 9.59 Å². The number of ether oxygens (including phenoxy) is 1. The Balaban J connectivity index is 1.58. The number of methoxy groups -OCH3 is 1. The molecule has 1 saturated carbocycles. The van der Waals surface area contributed by atoms with Gasteiger partial charge in [0.2, 0.25) is 5.91 Å². The lowest BCUT2D eigenvalue weighted by Crippen LogP contribution is -2.51. The maximum Gasteiger partial charge on any atom is 0.268 e. The van der Waals surface area contributed by atoms with Crippen LogP contribution in [0.1, 0.15) is 42.4 Å². The Hall–Kier alpha value is -2.98. The van der Waals surface area contributed by atoms with E-state index in [0.29, 0.717) is 24.4 Å². The minimum Gasteiger partial charge on any atom is -0.497 e. The molecule has 0 radical (unpaired) electrons. The van der Waals surface area contributed by atoms with Crippen molar-refractivity contribution < 1.29 is 14.3 Å². The molecule has 1 saturated heterocycles. The predicted molar refractivity (Wildman–Crippen MR) is 123 cm³/mol. The molecule has 3 aliphatic rings. The summed E-state index contributed by atoms with van der Waals surface area (Å²) in [7, 11) is 1.61. The van der Waals surface area contributed by atoms with Crippen molar-refractivity contribution in [2.45, 2.75) is 37.1 Å². The summed E-state index contributed by atoms with van der Waals surface area (Å²) in [5.74, 6) is 1.41. The number of amides is 2. The molecule has 0 unspecified atom stereocenters. The molecule has 164 valence electrons. The first kappa shape index (κ1) is 20.9. The lowest BCUT2D eigenvalue weighted by molar-refractivity contribution is -0.143. The molecule has 2 fully saturated rings. The van der Waals surface area contributed by atoms with Gasteiger partial charge in [0.1, 0.15) is 5.75 Å². The SMILES string of the molecule is COc1ccc2c(c1)[C@]1(SCCN1C(=O)C1CCCC1)C(=O)N2Cc1cccc(C#N)c1. The summed E-state index contributed by atoms with van der Waals surface area (Å²) in [5, 5.41) is 9.27. The molecule has 6 nitrogen and oxygen atoms in total. The van der Waals surface area contributed by atoms with E-state index in [4.69, 9.17) is 4.74 Å². The summed E-state index contributed by atoms with van der Waals surface area (Å²) < 4.78 is 5.48. The maximum absolute atomic E-state index is 14.1. The van der Waals surface area contributed by atoms with E-state index >= 15 is 0 Å². The smallest absolute Gasteiger partial charge is 0.268 e. The molecule has 2 aromatic rings. The summed E-state index contributed by atoms with van der Waals surface area (Å²) in [6.45, 7) is 0.918. The van der Waals surface area contributed by atoms with Crippen LogP contribution in [0.5, 0.6) is 5.75 Å². The summed E-state index contributed by atoms with van der Waals surface area (Å²) in [6, 6.07) is 15.2. The van der Waals surface area contributed by atoms with Gasteiger partial charge in [-0.2, -0.15) is 5.26 Å². The number of hydrogen-bond acceptors (Lipinski definition) is 5. The van der Waals surface area contributed by atoms with Gasteiger partial charge in [0.05, 0.1) is 31.0 Å². The highest BCUT2D eigenvalue weighted by atomic mass is 32.2. The van der Waals surface area contributed by atoms with E-state index in [0.717, 1.165) is 48.3 Å². The first-order valence-electron chi connectivity index (χ1n) is 11.0. The second-order valence-corrected chi connectivity index (χ2v) is 9.84. The van der Waals surface area contributed by atoms with Crippen molar-refractivity contribution in [3.05, 3.63) is 59.2 Å². The fourth-order valence-electron chi connectivity index (χ4n) is 5.21. The Morgan fingerprint density at radius 2 is 2.06 bits per heavy atom. The van der Waals surface area contributed by atoms with Gasteiger partial charge in [-0.25, -0.2) is 0 Å². The molecular formula is C25H25N3O3S. The van der Waals surface area contributed by atoms with Crippen LogP contribution in [0.25, 0.3) is 0 Å². The molecule has 32 heavy (non-hydrogen) atoms. The Kier molecular flexibility index (Phi) is 5.34. The van der Waals surface area contributed by atoms with Crippen molar-refractivity contribution in [3.63, 3.8) is 0 Å².